The summed E-state index contributed by atoms with van der Waals surface area (Å²) < 4.78 is 26.1. The molecule has 27 heavy (non-hydrogen) atoms. The molecule has 1 amide bonds. The monoisotopic (exact) mass is 375 g/mol. The molecule has 1 unspecified atom stereocenters. The first-order valence-electron chi connectivity index (χ1n) is 8.93. The van der Waals surface area contributed by atoms with Gasteiger partial charge in [0.2, 0.25) is 5.91 Å². The third-order valence-corrected chi connectivity index (χ3v) is 4.25. The fourth-order valence-electron chi connectivity index (χ4n) is 2.87. The van der Waals surface area contributed by atoms with Gasteiger partial charge in [-0.05, 0) is 48.9 Å². The van der Waals surface area contributed by atoms with Crippen LogP contribution in [0.2, 0.25) is 0 Å². The Morgan fingerprint density at radius 3 is 2.37 bits per heavy atom. The van der Waals surface area contributed by atoms with Crippen LogP contribution < -0.4 is 5.32 Å². The minimum Gasteiger partial charge on any atom is -0.481 e. The maximum absolute atomic E-state index is 13.2. The second kappa shape index (κ2) is 10.4. The lowest BCUT2D eigenvalue weighted by atomic mass is 10.0. The van der Waals surface area contributed by atoms with E-state index in [2.05, 4.69) is 5.32 Å². The summed E-state index contributed by atoms with van der Waals surface area (Å²) in [5.74, 6) is -2.86. The van der Waals surface area contributed by atoms with Crippen LogP contribution >= 0.6 is 0 Å². The van der Waals surface area contributed by atoms with Gasteiger partial charge >= 0.3 is 5.97 Å². The Hall–Kier alpha value is -2.76. The summed E-state index contributed by atoms with van der Waals surface area (Å²) in [4.78, 5) is 23.1. The van der Waals surface area contributed by atoms with Crippen LogP contribution in [0.1, 0.15) is 36.8 Å². The zero-order chi connectivity index (χ0) is 19.6. The van der Waals surface area contributed by atoms with Crippen LogP contribution in [0.15, 0.2) is 48.5 Å². The number of hydrogen-bond acceptors (Lipinski definition) is 2. The SMILES string of the molecule is O=C(O)CCC(Cc1ccccc1)NC(=O)CCCc1ccc(F)c(F)c1. The Bertz CT molecular complexity index is 765. The molecule has 0 heterocycles. The van der Waals surface area contributed by atoms with Crippen LogP contribution in [-0.4, -0.2) is 23.0 Å². The zero-order valence-corrected chi connectivity index (χ0v) is 15.0. The maximum Gasteiger partial charge on any atom is 0.303 e. The molecule has 144 valence electrons. The molecule has 1 atom stereocenters. The third kappa shape index (κ3) is 7.56. The van der Waals surface area contributed by atoms with Crippen molar-refractivity contribution in [2.24, 2.45) is 0 Å². The van der Waals surface area contributed by atoms with Gasteiger partial charge in [0.05, 0.1) is 0 Å². The van der Waals surface area contributed by atoms with E-state index in [1.54, 1.807) is 0 Å². The highest BCUT2D eigenvalue weighted by Gasteiger charge is 2.15. The predicted molar refractivity (Wildman–Crippen MR) is 98.2 cm³/mol. The van der Waals surface area contributed by atoms with E-state index in [4.69, 9.17) is 5.11 Å². The predicted octanol–water partition coefficient (Wildman–Crippen LogP) is 3.88. The van der Waals surface area contributed by atoms with Gasteiger partial charge in [-0.2, -0.15) is 0 Å². The van der Waals surface area contributed by atoms with E-state index in [0.29, 0.717) is 31.2 Å². The van der Waals surface area contributed by atoms with E-state index < -0.39 is 17.6 Å². The molecule has 0 aliphatic carbocycles. The molecular weight excluding hydrogens is 352 g/mol. The van der Waals surface area contributed by atoms with Gasteiger partial charge in [0, 0.05) is 18.9 Å². The summed E-state index contributed by atoms with van der Waals surface area (Å²) in [5.41, 5.74) is 1.66. The van der Waals surface area contributed by atoms with Gasteiger partial charge in [-0.25, -0.2) is 8.78 Å². The lowest BCUT2D eigenvalue weighted by molar-refractivity contribution is -0.137. The smallest absolute Gasteiger partial charge is 0.303 e. The Morgan fingerprint density at radius 2 is 1.70 bits per heavy atom. The summed E-state index contributed by atoms with van der Waals surface area (Å²) in [6, 6.07) is 13.0. The van der Waals surface area contributed by atoms with Crippen LogP contribution in [0.25, 0.3) is 0 Å². The van der Waals surface area contributed by atoms with E-state index >= 15 is 0 Å². The average molecular weight is 375 g/mol. The van der Waals surface area contributed by atoms with Gasteiger partial charge in [-0.15, -0.1) is 0 Å². The summed E-state index contributed by atoms with van der Waals surface area (Å²) in [7, 11) is 0. The van der Waals surface area contributed by atoms with E-state index in [1.165, 1.54) is 6.07 Å². The highest BCUT2D eigenvalue weighted by atomic mass is 19.2. The fourth-order valence-corrected chi connectivity index (χ4v) is 2.87. The highest BCUT2D eigenvalue weighted by Crippen LogP contribution is 2.12. The van der Waals surface area contributed by atoms with Crippen molar-refractivity contribution in [1.29, 1.82) is 0 Å². The molecule has 2 N–H and O–H groups in total. The molecule has 6 heteroatoms. The first-order valence-corrected chi connectivity index (χ1v) is 8.93. The number of nitrogens with one attached hydrogen (secondary N) is 1. The molecule has 0 saturated heterocycles. The maximum atomic E-state index is 13.2. The number of rotatable bonds is 10. The van der Waals surface area contributed by atoms with Gasteiger partial charge < -0.3 is 10.4 Å². The molecule has 2 rings (SSSR count). The molecule has 0 bridgehead atoms. The lowest BCUT2D eigenvalue weighted by Gasteiger charge is -2.18. The second-order valence-electron chi connectivity index (χ2n) is 6.49. The normalized spacial score (nSPS) is 11.8. The molecule has 0 fully saturated rings. The number of halogens is 2. The number of aliphatic carboxylic acids is 1. The summed E-state index contributed by atoms with van der Waals surface area (Å²) in [6.07, 6.45) is 2.07. The standard InChI is InChI=1S/C21H23F2NO3/c22-18-11-9-16(14-19(18)23)7-4-8-20(25)24-17(10-12-21(26)27)13-15-5-2-1-3-6-15/h1-3,5-6,9,11,14,17H,4,7-8,10,12-13H2,(H,24,25)(H,26,27). The van der Waals surface area contributed by atoms with Crippen molar-refractivity contribution in [2.75, 3.05) is 0 Å². The zero-order valence-electron chi connectivity index (χ0n) is 15.0. The topological polar surface area (TPSA) is 66.4 Å². The molecule has 0 saturated carbocycles. The second-order valence-corrected chi connectivity index (χ2v) is 6.49. The Labute approximate surface area is 157 Å². The van der Waals surface area contributed by atoms with Crippen LogP contribution in [-0.2, 0) is 22.4 Å². The number of amides is 1. The van der Waals surface area contributed by atoms with Gasteiger partial charge in [-0.3, -0.25) is 9.59 Å². The van der Waals surface area contributed by atoms with Gasteiger partial charge in [-0.1, -0.05) is 36.4 Å². The van der Waals surface area contributed by atoms with Gasteiger partial charge in [0.25, 0.3) is 0 Å². The molecule has 4 nitrogen and oxygen atoms in total. The number of carboxylic acids is 1. The van der Waals surface area contributed by atoms with Crippen molar-refractivity contribution in [3.63, 3.8) is 0 Å². The number of carboxylic acid groups (broad SMARTS) is 1. The molecular formula is C21H23F2NO3. The van der Waals surface area contributed by atoms with E-state index in [-0.39, 0.29) is 24.8 Å². The van der Waals surface area contributed by atoms with E-state index in [0.717, 1.165) is 17.7 Å². The van der Waals surface area contributed by atoms with E-state index in [9.17, 15) is 18.4 Å². The minimum atomic E-state index is -0.902. The number of aryl methyl sites for hydroxylation is 1. The Kier molecular flexibility index (Phi) is 7.92. The quantitative estimate of drug-likeness (QED) is 0.662. The van der Waals surface area contributed by atoms with Crippen molar-refractivity contribution >= 4 is 11.9 Å². The summed E-state index contributed by atoms with van der Waals surface area (Å²) in [6.45, 7) is 0. The Balaban J connectivity index is 1.84. The average Bonchev–Trinajstić information content (AvgIpc) is 2.63. The number of hydrogen-bond donors (Lipinski definition) is 2. The highest BCUT2D eigenvalue weighted by molar-refractivity contribution is 5.76. The van der Waals surface area contributed by atoms with Gasteiger partial charge in [0.1, 0.15) is 0 Å². The first-order chi connectivity index (χ1) is 12.9. The molecule has 0 spiro atoms. The largest absolute Gasteiger partial charge is 0.481 e. The van der Waals surface area contributed by atoms with Crippen LogP contribution in [0, 0.1) is 11.6 Å². The first kappa shape index (κ1) is 20.6. The van der Waals surface area contributed by atoms with Crippen LogP contribution in [0.4, 0.5) is 8.78 Å². The molecule has 0 aliphatic rings. The van der Waals surface area contributed by atoms with Gasteiger partial charge in [0.15, 0.2) is 11.6 Å². The van der Waals surface area contributed by atoms with E-state index in [1.807, 2.05) is 30.3 Å². The van der Waals surface area contributed by atoms with Crippen molar-refractivity contribution in [1.82, 2.24) is 5.32 Å². The summed E-state index contributed by atoms with van der Waals surface area (Å²) >= 11 is 0. The van der Waals surface area contributed by atoms with Crippen molar-refractivity contribution in [2.45, 2.75) is 44.6 Å². The molecule has 0 aliphatic heterocycles. The molecule has 0 radical (unpaired) electrons. The van der Waals surface area contributed by atoms with Crippen molar-refractivity contribution < 1.29 is 23.5 Å². The van der Waals surface area contributed by atoms with Crippen LogP contribution in [0.3, 0.4) is 0 Å². The van der Waals surface area contributed by atoms with Crippen LogP contribution in [0.5, 0.6) is 0 Å². The molecule has 0 aromatic heterocycles. The Morgan fingerprint density at radius 1 is 0.963 bits per heavy atom. The number of benzene rings is 2. The minimum absolute atomic E-state index is 0.0212. The summed E-state index contributed by atoms with van der Waals surface area (Å²) in [5, 5.41) is 11.8. The third-order valence-electron chi connectivity index (χ3n) is 4.25. The lowest BCUT2D eigenvalue weighted by Crippen LogP contribution is -2.36. The number of carbonyl (C=O) groups excluding carboxylic acids is 1. The number of carbonyl (C=O) groups is 2. The molecule has 2 aromatic rings. The van der Waals surface area contributed by atoms with Crippen molar-refractivity contribution in [3.05, 3.63) is 71.3 Å². The molecule has 2 aromatic carbocycles. The van der Waals surface area contributed by atoms with Crippen molar-refractivity contribution in [3.8, 4) is 0 Å². The fraction of sp³-hybridized carbons (Fsp3) is 0.333.